The monoisotopic (exact) mass is 84.0 g/mol. The Balaban J connectivity index is 0. The Bertz CT molecular complexity index is 10.8. The van der Waals surface area contributed by atoms with Gasteiger partial charge in [-0.2, -0.15) is 0 Å². The van der Waals surface area contributed by atoms with Crippen LogP contribution in [0.25, 0.3) is 0 Å². The maximum absolute atomic E-state index is 7.88. The fourth-order valence-corrected chi connectivity index (χ4v) is 0. The van der Waals surface area contributed by atoms with Gasteiger partial charge in [0.25, 0.3) is 0 Å². The third kappa shape index (κ3) is 8.37. The zero-order chi connectivity index (χ0) is 2.71. The molecule has 0 aromatic carbocycles. The molecule has 0 aromatic heterocycles. The average molecular weight is 84.5 g/mol. The van der Waals surface area contributed by atoms with Crippen LogP contribution in [0, 0.1) is 9.71 Å². The molecule has 0 aliphatic carbocycles. The van der Waals surface area contributed by atoms with E-state index in [0.717, 1.165) is 0 Å². The molecule has 0 fully saturated rings. The molecule has 3 nitrogen and oxygen atoms in total. The molecule has 0 N–H and O–H groups in total. The SMILES string of the molecule is Cl.O=[O+][O-]. The molecule has 0 aliphatic heterocycles. The van der Waals surface area contributed by atoms with Gasteiger partial charge in [-0.25, -0.2) is 0 Å². The highest BCUT2D eigenvalue weighted by molar-refractivity contribution is 5.85. The van der Waals surface area contributed by atoms with Crippen molar-refractivity contribution in [2.24, 2.45) is 0 Å². The number of rotatable bonds is 0. The molecule has 4 heteroatoms. The normalized spacial score (nSPS) is 3.00. The van der Waals surface area contributed by atoms with Crippen molar-refractivity contribution >= 4 is 12.4 Å². The molecule has 26 valence electrons. The molecule has 0 aliphatic rings. The highest BCUT2D eigenvalue weighted by atomic mass is 35.5. The largest absolute Gasteiger partial charge is 0.154 e. The first-order valence-corrected chi connectivity index (χ1v) is 0.333. The smallest absolute Gasteiger partial charge is 0.147 e. The minimum atomic E-state index is 0. The summed E-state index contributed by atoms with van der Waals surface area (Å²) in [5.74, 6) is 0. The first kappa shape index (κ1) is 9.35. The third-order valence-electron chi connectivity index (χ3n) is 0. The summed E-state index contributed by atoms with van der Waals surface area (Å²) in [6.45, 7) is 0. The predicted octanol–water partition coefficient (Wildman–Crippen LogP) is -0.700. The molecular weight excluding hydrogens is 83.5 g/mol. The lowest BCUT2D eigenvalue weighted by molar-refractivity contribution is -0.284. The molecule has 0 saturated heterocycles. The second kappa shape index (κ2) is 16.1. The van der Waals surface area contributed by atoms with E-state index in [1.807, 2.05) is 0 Å². The molecule has 0 bridgehead atoms. The summed E-state index contributed by atoms with van der Waals surface area (Å²) < 4.78 is 1.75. The van der Waals surface area contributed by atoms with Crippen LogP contribution in [0.1, 0.15) is 0 Å². The summed E-state index contributed by atoms with van der Waals surface area (Å²) in [6.07, 6.45) is 0. The van der Waals surface area contributed by atoms with Gasteiger partial charge in [0.05, 0.1) is 0 Å². The summed E-state index contributed by atoms with van der Waals surface area (Å²) in [6, 6.07) is 0. The first-order valence-electron chi connectivity index (χ1n) is 0.333. The van der Waals surface area contributed by atoms with Crippen molar-refractivity contribution in [1.82, 2.24) is 0 Å². The highest BCUT2D eigenvalue weighted by Crippen LogP contribution is 1.00. The van der Waals surface area contributed by atoms with Crippen LogP contribution < -0.4 is 5.26 Å². The Morgan fingerprint density at radius 1 is 1.75 bits per heavy atom. The van der Waals surface area contributed by atoms with Crippen LogP contribution in [0.4, 0.5) is 0 Å². The number of halogens is 1. The van der Waals surface area contributed by atoms with Gasteiger partial charge >= 0.3 is 0 Å². The number of hydrogen-bond acceptors (Lipinski definition) is 2. The van der Waals surface area contributed by atoms with E-state index in [1.54, 1.807) is 4.75 Å². The van der Waals surface area contributed by atoms with Crippen molar-refractivity contribution in [2.75, 3.05) is 0 Å². The van der Waals surface area contributed by atoms with E-state index < -0.39 is 0 Å². The molecular formula is HClO3. The molecule has 0 radical (unpaired) electrons. The van der Waals surface area contributed by atoms with Crippen molar-refractivity contribution < 1.29 is 5.26 Å². The van der Waals surface area contributed by atoms with Gasteiger partial charge in [-0.1, -0.05) is 10.2 Å². The van der Waals surface area contributed by atoms with Crippen LogP contribution in [0.15, 0.2) is 0 Å². The first-order chi connectivity index (χ1) is 1.41. The van der Waals surface area contributed by atoms with Crippen molar-refractivity contribution in [3.63, 3.8) is 0 Å². The lowest BCUT2D eigenvalue weighted by atomic mass is 14.8. The Kier molecular flexibility index (Phi) is 37.7. The predicted molar refractivity (Wildman–Crippen MR) is 14.0 cm³/mol. The lowest BCUT2D eigenvalue weighted by Crippen LogP contribution is -1.82. The molecule has 0 saturated carbocycles. The summed E-state index contributed by atoms with van der Waals surface area (Å²) >= 11 is 0. The summed E-state index contributed by atoms with van der Waals surface area (Å²) in [5, 5.41) is 7.88. The molecule has 0 unspecified atom stereocenters. The Morgan fingerprint density at radius 3 is 1.75 bits per heavy atom. The Labute approximate surface area is 28.5 Å². The molecule has 0 amide bonds. The zero-order valence-corrected chi connectivity index (χ0v) is 2.45. The van der Waals surface area contributed by atoms with Gasteiger partial charge in [0, 0.05) is 0 Å². The third-order valence-corrected chi connectivity index (χ3v) is 0. The Morgan fingerprint density at radius 2 is 1.75 bits per heavy atom. The average Bonchev–Trinajstić information content (AvgIpc) is 0.918. The second-order valence-electron chi connectivity index (χ2n) is 0.0680. The topological polar surface area (TPSA) is 51.4 Å². The van der Waals surface area contributed by atoms with Gasteiger partial charge in [-0.05, 0) is 0 Å². The van der Waals surface area contributed by atoms with Gasteiger partial charge in [0.15, 0.2) is 4.75 Å². The molecule has 0 spiro atoms. The van der Waals surface area contributed by atoms with Crippen LogP contribution in [0.5, 0.6) is 0 Å². The van der Waals surface area contributed by atoms with Gasteiger partial charge in [-0.15, -0.1) is 12.4 Å². The lowest BCUT2D eigenvalue weighted by Gasteiger charge is -1.19. The summed E-state index contributed by atoms with van der Waals surface area (Å²) in [4.78, 5) is 7.88. The molecule has 0 aromatic rings. The fraction of sp³-hybridized carbons (Fsp3) is 0. The standard InChI is InChI=1S/ClH.O3/c;1-3-2/h1H;. The maximum atomic E-state index is 7.88. The number of hydrogen-bond donors (Lipinski definition) is 0. The van der Waals surface area contributed by atoms with Crippen molar-refractivity contribution in [3.8, 4) is 0 Å². The second-order valence-corrected chi connectivity index (χ2v) is 0.0680. The van der Waals surface area contributed by atoms with Crippen molar-refractivity contribution in [2.45, 2.75) is 0 Å². The minimum absolute atomic E-state index is 0. The van der Waals surface area contributed by atoms with Gasteiger partial charge in [0.2, 0.25) is 0 Å². The maximum Gasteiger partial charge on any atom is 0.154 e. The minimum Gasteiger partial charge on any atom is -0.147 e. The van der Waals surface area contributed by atoms with Crippen LogP contribution in [-0.4, -0.2) is 0 Å². The fourth-order valence-electron chi connectivity index (χ4n) is 0. The van der Waals surface area contributed by atoms with Gasteiger partial charge in [0.1, 0.15) is 0 Å². The van der Waals surface area contributed by atoms with Crippen LogP contribution in [-0.2, 0) is 0 Å². The molecule has 4 heavy (non-hydrogen) atoms. The van der Waals surface area contributed by atoms with E-state index in [9.17, 15) is 0 Å². The zero-order valence-electron chi connectivity index (χ0n) is 1.63. The van der Waals surface area contributed by atoms with Gasteiger partial charge in [-0.3, -0.25) is 0 Å². The van der Waals surface area contributed by atoms with Crippen LogP contribution in [0.2, 0.25) is 0 Å². The Hall–Kier alpha value is -0.310. The van der Waals surface area contributed by atoms with E-state index >= 15 is 0 Å². The van der Waals surface area contributed by atoms with Crippen molar-refractivity contribution in [1.29, 1.82) is 0 Å². The summed E-state index contributed by atoms with van der Waals surface area (Å²) in [7, 11) is 0. The van der Waals surface area contributed by atoms with E-state index in [-0.39, 0.29) is 12.4 Å². The highest BCUT2D eigenvalue weighted by Gasteiger charge is 1.27. The van der Waals surface area contributed by atoms with Crippen molar-refractivity contribution in [3.05, 3.63) is 9.71 Å². The quantitative estimate of drug-likeness (QED) is 0.221. The molecule has 0 heterocycles. The molecule has 0 atom stereocenters. The summed E-state index contributed by atoms with van der Waals surface area (Å²) in [5.41, 5.74) is 0. The van der Waals surface area contributed by atoms with E-state index in [1.165, 1.54) is 0 Å². The van der Waals surface area contributed by atoms with Crippen LogP contribution in [0.3, 0.4) is 0 Å². The van der Waals surface area contributed by atoms with Gasteiger partial charge < -0.3 is 0 Å². The van der Waals surface area contributed by atoms with E-state index in [2.05, 4.69) is 0 Å². The van der Waals surface area contributed by atoms with E-state index in [0.29, 0.717) is 0 Å². The molecule has 0 rings (SSSR count). The van der Waals surface area contributed by atoms with Crippen LogP contribution >= 0.6 is 12.4 Å². The van der Waals surface area contributed by atoms with E-state index in [4.69, 9.17) is 10.2 Å².